The minimum atomic E-state index is 0.299. The Kier molecular flexibility index (Phi) is 3.06. The fraction of sp³-hybridized carbons (Fsp3) is 0.385. The number of benzene rings is 1. The van der Waals surface area contributed by atoms with Crippen molar-refractivity contribution in [2.45, 2.75) is 25.8 Å². The SMILES string of the molecule is Cc1ccc(-n2cnnc2C2CCCN2)cc1Cl. The van der Waals surface area contributed by atoms with Gasteiger partial charge in [-0.1, -0.05) is 17.7 Å². The summed E-state index contributed by atoms with van der Waals surface area (Å²) in [5.74, 6) is 0.965. The molecule has 2 heterocycles. The molecule has 1 atom stereocenters. The Morgan fingerprint density at radius 2 is 2.33 bits per heavy atom. The zero-order chi connectivity index (χ0) is 12.5. The van der Waals surface area contributed by atoms with Crippen LogP contribution in [0.5, 0.6) is 0 Å². The lowest BCUT2D eigenvalue weighted by Crippen LogP contribution is -2.17. The van der Waals surface area contributed by atoms with Crippen LogP contribution in [0.15, 0.2) is 24.5 Å². The van der Waals surface area contributed by atoms with Gasteiger partial charge in [0.15, 0.2) is 5.82 Å². The van der Waals surface area contributed by atoms with Crippen LogP contribution in [-0.2, 0) is 0 Å². The summed E-state index contributed by atoms with van der Waals surface area (Å²) in [6.07, 6.45) is 4.04. The molecule has 1 aromatic heterocycles. The van der Waals surface area contributed by atoms with Crippen LogP contribution in [-0.4, -0.2) is 21.3 Å². The molecule has 1 fully saturated rings. The quantitative estimate of drug-likeness (QED) is 0.905. The van der Waals surface area contributed by atoms with Gasteiger partial charge in [-0.15, -0.1) is 10.2 Å². The Hall–Kier alpha value is -1.39. The summed E-state index contributed by atoms with van der Waals surface area (Å²) >= 11 is 6.17. The topological polar surface area (TPSA) is 42.7 Å². The molecule has 94 valence electrons. The third-order valence-electron chi connectivity index (χ3n) is 3.38. The monoisotopic (exact) mass is 262 g/mol. The maximum absolute atomic E-state index is 6.17. The van der Waals surface area contributed by atoms with Crippen molar-refractivity contribution in [1.29, 1.82) is 0 Å². The van der Waals surface area contributed by atoms with E-state index < -0.39 is 0 Å². The molecular weight excluding hydrogens is 248 g/mol. The molecule has 0 bridgehead atoms. The van der Waals surface area contributed by atoms with Gasteiger partial charge in [-0.2, -0.15) is 0 Å². The van der Waals surface area contributed by atoms with Crippen LogP contribution in [0.3, 0.4) is 0 Å². The van der Waals surface area contributed by atoms with E-state index in [9.17, 15) is 0 Å². The number of rotatable bonds is 2. The van der Waals surface area contributed by atoms with Gasteiger partial charge in [0.2, 0.25) is 0 Å². The fourth-order valence-corrected chi connectivity index (χ4v) is 2.49. The number of hydrogen-bond donors (Lipinski definition) is 1. The van der Waals surface area contributed by atoms with Crippen molar-refractivity contribution in [2.75, 3.05) is 6.54 Å². The average Bonchev–Trinajstić information content (AvgIpc) is 3.00. The third-order valence-corrected chi connectivity index (χ3v) is 3.79. The highest BCUT2D eigenvalue weighted by atomic mass is 35.5. The highest BCUT2D eigenvalue weighted by Gasteiger charge is 2.22. The lowest BCUT2D eigenvalue weighted by Gasteiger charge is -2.12. The number of aromatic nitrogens is 3. The van der Waals surface area contributed by atoms with Gasteiger partial charge >= 0.3 is 0 Å². The van der Waals surface area contributed by atoms with Crippen molar-refractivity contribution >= 4 is 11.6 Å². The molecule has 1 aromatic carbocycles. The van der Waals surface area contributed by atoms with Crippen LogP contribution in [0, 0.1) is 6.92 Å². The summed E-state index contributed by atoms with van der Waals surface area (Å²) in [7, 11) is 0. The summed E-state index contributed by atoms with van der Waals surface area (Å²) in [4.78, 5) is 0. The van der Waals surface area contributed by atoms with E-state index in [2.05, 4.69) is 15.5 Å². The maximum Gasteiger partial charge on any atom is 0.154 e. The first-order chi connectivity index (χ1) is 8.75. The normalized spacial score (nSPS) is 19.3. The predicted octanol–water partition coefficient (Wildman–Crippen LogP) is 2.65. The molecule has 4 nitrogen and oxygen atoms in total. The van der Waals surface area contributed by atoms with Gasteiger partial charge in [0, 0.05) is 10.7 Å². The minimum Gasteiger partial charge on any atom is -0.307 e. The van der Waals surface area contributed by atoms with Crippen LogP contribution >= 0.6 is 11.6 Å². The molecule has 0 radical (unpaired) electrons. The first-order valence-electron chi connectivity index (χ1n) is 6.15. The van der Waals surface area contributed by atoms with E-state index in [4.69, 9.17) is 11.6 Å². The third kappa shape index (κ3) is 2.02. The molecule has 0 aliphatic carbocycles. The van der Waals surface area contributed by atoms with E-state index in [0.717, 1.165) is 35.1 Å². The molecule has 1 N–H and O–H groups in total. The second kappa shape index (κ2) is 4.71. The zero-order valence-corrected chi connectivity index (χ0v) is 11.0. The molecule has 1 aliphatic rings. The van der Waals surface area contributed by atoms with Gasteiger partial charge < -0.3 is 5.32 Å². The van der Waals surface area contributed by atoms with Crippen LogP contribution in [0.1, 0.15) is 30.3 Å². The van der Waals surface area contributed by atoms with Gasteiger partial charge in [-0.3, -0.25) is 4.57 Å². The highest BCUT2D eigenvalue weighted by Crippen LogP contribution is 2.25. The van der Waals surface area contributed by atoms with E-state index in [1.165, 1.54) is 6.42 Å². The minimum absolute atomic E-state index is 0.299. The molecule has 3 rings (SSSR count). The number of halogens is 1. The van der Waals surface area contributed by atoms with Crippen molar-refractivity contribution < 1.29 is 0 Å². The Labute approximate surface area is 111 Å². The lowest BCUT2D eigenvalue weighted by molar-refractivity contribution is 0.592. The predicted molar refractivity (Wildman–Crippen MR) is 71.1 cm³/mol. The zero-order valence-electron chi connectivity index (χ0n) is 10.2. The van der Waals surface area contributed by atoms with Crippen LogP contribution in [0.4, 0.5) is 0 Å². The molecule has 1 unspecified atom stereocenters. The first kappa shape index (κ1) is 11.7. The molecule has 0 amide bonds. The summed E-state index contributed by atoms with van der Waals surface area (Å²) < 4.78 is 2.01. The standard InChI is InChI=1S/C13H15ClN4/c1-9-4-5-10(7-11(9)14)18-8-16-17-13(18)12-3-2-6-15-12/h4-5,7-8,12,15H,2-3,6H2,1H3. The van der Waals surface area contributed by atoms with E-state index in [1.54, 1.807) is 6.33 Å². The Bertz CT molecular complexity index is 558. The van der Waals surface area contributed by atoms with Crippen molar-refractivity contribution in [3.8, 4) is 5.69 Å². The average molecular weight is 263 g/mol. The Morgan fingerprint density at radius 3 is 3.06 bits per heavy atom. The van der Waals surface area contributed by atoms with Gasteiger partial charge in [0.05, 0.1) is 6.04 Å². The summed E-state index contributed by atoms with van der Waals surface area (Å²) in [5, 5.41) is 12.5. The Balaban J connectivity index is 2.00. The largest absolute Gasteiger partial charge is 0.307 e. The Morgan fingerprint density at radius 1 is 1.44 bits per heavy atom. The molecule has 18 heavy (non-hydrogen) atoms. The van der Waals surface area contributed by atoms with E-state index in [0.29, 0.717) is 6.04 Å². The van der Waals surface area contributed by atoms with E-state index in [-0.39, 0.29) is 0 Å². The number of nitrogens with zero attached hydrogens (tertiary/aromatic N) is 3. The number of aryl methyl sites for hydroxylation is 1. The van der Waals surface area contributed by atoms with Crippen LogP contribution < -0.4 is 5.32 Å². The van der Waals surface area contributed by atoms with Gasteiger partial charge in [-0.05, 0) is 44.0 Å². The van der Waals surface area contributed by atoms with Crippen molar-refractivity contribution in [2.24, 2.45) is 0 Å². The van der Waals surface area contributed by atoms with Gasteiger partial charge in [0.25, 0.3) is 0 Å². The summed E-state index contributed by atoms with van der Waals surface area (Å²) in [6, 6.07) is 6.32. The molecule has 0 spiro atoms. The maximum atomic E-state index is 6.17. The number of hydrogen-bond acceptors (Lipinski definition) is 3. The molecule has 0 saturated carbocycles. The lowest BCUT2D eigenvalue weighted by atomic mass is 10.2. The van der Waals surface area contributed by atoms with Crippen LogP contribution in [0.2, 0.25) is 5.02 Å². The van der Waals surface area contributed by atoms with Crippen molar-refractivity contribution in [3.05, 3.63) is 40.9 Å². The van der Waals surface area contributed by atoms with Gasteiger partial charge in [0.1, 0.15) is 6.33 Å². The van der Waals surface area contributed by atoms with E-state index in [1.807, 2.05) is 29.7 Å². The summed E-state index contributed by atoms with van der Waals surface area (Å²) in [6.45, 7) is 3.05. The second-order valence-electron chi connectivity index (χ2n) is 4.64. The highest BCUT2D eigenvalue weighted by molar-refractivity contribution is 6.31. The first-order valence-corrected chi connectivity index (χ1v) is 6.53. The van der Waals surface area contributed by atoms with Crippen molar-refractivity contribution in [3.63, 3.8) is 0 Å². The molecule has 1 saturated heterocycles. The number of nitrogens with one attached hydrogen (secondary N) is 1. The molecule has 1 aliphatic heterocycles. The smallest absolute Gasteiger partial charge is 0.154 e. The van der Waals surface area contributed by atoms with Gasteiger partial charge in [-0.25, -0.2) is 0 Å². The molecular formula is C13H15ClN4. The van der Waals surface area contributed by atoms with Crippen LogP contribution in [0.25, 0.3) is 5.69 Å². The second-order valence-corrected chi connectivity index (χ2v) is 5.05. The summed E-state index contributed by atoms with van der Waals surface area (Å²) in [5.41, 5.74) is 2.09. The van der Waals surface area contributed by atoms with E-state index >= 15 is 0 Å². The molecule has 5 heteroatoms. The fourth-order valence-electron chi connectivity index (χ4n) is 2.32. The van der Waals surface area contributed by atoms with Crippen molar-refractivity contribution in [1.82, 2.24) is 20.1 Å². The molecule has 2 aromatic rings.